The van der Waals surface area contributed by atoms with Crippen molar-refractivity contribution in [3.8, 4) is 0 Å². The average molecular weight is 489 g/mol. The lowest BCUT2D eigenvalue weighted by atomic mass is 10.2. The molecule has 0 fully saturated rings. The largest absolute Gasteiger partial charge is 0.298 e. The van der Waals surface area contributed by atoms with Crippen LogP contribution in [0.15, 0.2) is 82.6 Å². The van der Waals surface area contributed by atoms with Gasteiger partial charge in [0.25, 0.3) is 15.9 Å². The smallest absolute Gasteiger partial charge is 0.261 e. The molecule has 1 aromatic heterocycles. The maximum absolute atomic E-state index is 12.5. The van der Waals surface area contributed by atoms with E-state index in [4.69, 9.17) is 5.14 Å². The van der Waals surface area contributed by atoms with Crippen LogP contribution in [0.1, 0.15) is 10.4 Å². The van der Waals surface area contributed by atoms with Crippen molar-refractivity contribution in [2.45, 2.75) is 9.79 Å². The van der Waals surface area contributed by atoms with Crippen LogP contribution in [0.3, 0.4) is 0 Å². The van der Waals surface area contributed by atoms with Crippen LogP contribution >= 0.6 is 11.3 Å². The monoisotopic (exact) mass is 488 g/mol. The summed E-state index contributed by atoms with van der Waals surface area (Å²) >= 11 is 1.10. The summed E-state index contributed by atoms with van der Waals surface area (Å²) in [4.78, 5) is 16.9. The molecule has 0 unspecified atom stereocenters. The minimum Gasteiger partial charge on any atom is -0.298 e. The molecule has 0 saturated heterocycles. The Morgan fingerprint density at radius 2 is 1.56 bits per heavy atom. The summed E-state index contributed by atoms with van der Waals surface area (Å²) < 4.78 is 50.8. The second-order valence-electron chi connectivity index (χ2n) is 6.64. The quantitative estimate of drug-likeness (QED) is 0.380. The Bertz CT molecular complexity index is 1510. The lowest BCUT2D eigenvalue weighted by Crippen LogP contribution is -2.14. The number of aromatic nitrogens is 1. The van der Waals surface area contributed by atoms with Crippen molar-refractivity contribution < 1.29 is 21.6 Å². The Balaban J connectivity index is 1.48. The third-order valence-corrected chi connectivity index (χ3v) is 7.60. The Kier molecular flexibility index (Phi) is 5.69. The van der Waals surface area contributed by atoms with Gasteiger partial charge in [-0.05, 0) is 54.6 Å². The number of rotatable bonds is 6. The maximum Gasteiger partial charge on any atom is 0.261 e. The number of sulfonamides is 2. The molecule has 164 valence electrons. The number of thiazole rings is 1. The Labute approximate surface area is 188 Å². The lowest BCUT2D eigenvalue weighted by molar-refractivity contribution is 0.102. The summed E-state index contributed by atoms with van der Waals surface area (Å²) in [6.45, 7) is 0. The molecule has 0 atom stereocenters. The number of carbonyl (C=O) groups excluding carboxylic acids is 1. The Hall–Kier alpha value is -3.32. The number of nitrogens with two attached hydrogens (primary N) is 1. The summed E-state index contributed by atoms with van der Waals surface area (Å²) in [5.41, 5.74) is 1.11. The molecule has 0 aliphatic carbocycles. The van der Waals surface area contributed by atoms with Gasteiger partial charge in [-0.25, -0.2) is 27.0 Å². The van der Waals surface area contributed by atoms with Crippen molar-refractivity contribution in [1.29, 1.82) is 0 Å². The highest BCUT2D eigenvalue weighted by Crippen LogP contribution is 2.28. The maximum atomic E-state index is 12.5. The first-order valence-corrected chi connectivity index (χ1v) is 12.9. The van der Waals surface area contributed by atoms with Crippen molar-refractivity contribution in [3.05, 3.63) is 78.4 Å². The number of nitrogens with one attached hydrogen (secondary N) is 2. The van der Waals surface area contributed by atoms with Gasteiger partial charge < -0.3 is 0 Å². The molecule has 0 saturated carbocycles. The zero-order valence-electron chi connectivity index (χ0n) is 16.2. The van der Waals surface area contributed by atoms with E-state index in [1.54, 1.807) is 18.2 Å². The van der Waals surface area contributed by atoms with Crippen LogP contribution in [0.4, 0.5) is 10.8 Å². The van der Waals surface area contributed by atoms with Gasteiger partial charge in [0, 0.05) is 11.3 Å². The van der Waals surface area contributed by atoms with Gasteiger partial charge in [0.15, 0.2) is 5.13 Å². The lowest BCUT2D eigenvalue weighted by Gasteiger charge is -2.08. The highest BCUT2D eigenvalue weighted by molar-refractivity contribution is 7.92. The van der Waals surface area contributed by atoms with Gasteiger partial charge in [-0.15, -0.1) is 0 Å². The van der Waals surface area contributed by atoms with Crippen molar-refractivity contribution in [3.63, 3.8) is 0 Å². The molecular formula is C20H16N4O5S3. The van der Waals surface area contributed by atoms with Crippen LogP contribution in [-0.2, 0) is 20.0 Å². The van der Waals surface area contributed by atoms with E-state index in [0.29, 0.717) is 15.9 Å². The summed E-state index contributed by atoms with van der Waals surface area (Å²) in [7, 11) is -7.58. The van der Waals surface area contributed by atoms with Crippen LogP contribution in [0.5, 0.6) is 0 Å². The molecule has 0 bridgehead atoms. The van der Waals surface area contributed by atoms with E-state index in [2.05, 4.69) is 15.0 Å². The zero-order chi connectivity index (χ0) is 22.9. The summed E-state index contributed by atoms with van der Waals surface area (Å²) in [5, 5.41) is 8.07. The zero-order valence-corrected chi connectivity index (χ0v) is 18.7. The topological polar surface area (TPSA) is 148 Å². The molecule has 32 heavy (non-hydrogen) atoms. The molecular weight excluding hydrogens is 472 g/mol. The number of primary sulfonamides is 1. The van der Waals surface area contributed by atoms with Crippen LogP contribution < -0.4 is 15.2 Å². The number of anilines is 2. The van der Waals surface area contributed by atoms with E-state index < -0.39 is 26.0 Å². The van der Waals surface area contributed by atoms with Gasteiger partial charge in [-0.3, -0.25) is 14.8 Å². The van der Waals surface area contributed by atoms with Crippen molar-refractivity contribution in [2.75, 3.05) is 10.0 Å². The minimum atomic E-state index is -3.84. The summed E-state index contributed by atoms with van der Waals surface area (Å²) in [5.74, 6) is -0.451. The third kappa shape index (κ3) is 4.78. The predicted octanol–water partition coefficient (Wildman–Crippen LogP) is 3.00. The molecule has 4 aromatic rings. The van der Waals surface area contributed by atoms with Gasteiger partial charge in [-0.2, -0.15) is 0 Å². The number of hydrogen-bond donors (Lipinski definition) is 3. The van der Waals surface area contributed by atoms with E-state index >= 15 is 0 Å². The van der Waals surface area contributed by atoms with E-state index in [0.717, 1.165) is 11.3 Å². The number of benzene rings is 3. The predicted molar refractivity (Wildman–Crippen MR) is 123 cm³/mol. The molecule has 0 aliphatic heterocycles. The van der Waals surface area contributed by atoms with Gasteiger partial charge in [0.05, 0.1) is 20.0 Å². The highest BCUT2D eigenvalue weighted by atomic mass is 32.2. The van der Waals surface area contributed by atoms with Crippen molar-refractivity contribution in [1.82, 2.24) is 4.98 Å². The average Bonchev–Trinajstić information content (AvgIpc) is 3.15. The molecule has 0 aliphatic rings. The second kappa shape index (κ2) is 8.31. The van der Waals surface area contributed by atoms with Crippen LogP contribution in [0.2, 0.25) is 0 Å². The first kappa shape index (κ1) is 21.9. The molecule has 0 spiro atoms. The van der Waals surface area contributed by atoms with Crippen LogP contribution in [0, 0.1) is 0 Å². The SMILES string of the molecule is NS(=O)(=O)c1ccc2nc(NC(=O)c3ccc(NS(=O)(=O)c4ccccc4)cc3)sc2c1. The first-order valence-electron chi connectivity index (χ1n) is 9.04. The fourth-order valence-electron chi connectivity index (χ4n) is 2.81. The second-order valence-corrected chi connectivity index (χ2v) is 10.9. The van der Waals surface area contributed by atoms with Gasteiger partial charge >= 0.3 is 0 Å². The number of hydrogen-bond acceptors (Lipinski definition) is 7. The van der Waals surface area contributed by atoms with Crippen molar-refractivity contribution in [2.24, 2.45) is 5.14 Å². The Morgan fingerprint density at radius 1 is 0.875 bits per heavy atom. The Morgan fingerprint density at radius 3 is 2.22 bits per heavy atom. The van der Waals surface area contributed by atoms with E-state index in [9.17, 15) is 21.6 Å². The number of fused-ring (bicyclic) bond motifs is 1. The fourth-order valence-corrected chi connectivity index (χ4v) is 5.40. The first-order chi connectivity index (χ1) is 15.1. The molecule has 12 heteroatoms. The molecule has 4 rings (SSSR count). The molecule has 4 N–H and O–H groups in total. The van der Waals surface area contributed by atoms with Gasteiger partial charge in [0.1, 0.15) is 0 Å². The normalized spacial score (nSPS) is 11.9. The van der Waals surface area contributed by atoms with Gasteiger partial charge in [-0.1, -0.05) is 29.5 Å². The molecule has 0 radical (unpaired) electrons. The number of carbonyl (C=O) groups is 1. The molecule has 9 nitrogen and oxygen atoms in total. The van der Waals surface area contributed by atoms with Crippen molar-refractivity contribution >= 4 is 58.3 Å². The molecule has 1 heterocycles. The number of amides is 1. The molecule has 1 amide bonds. The third-order valence-electron chi connectivity index (χ3n) is 4.36. The number of nitrogens with zero attached hydrogens (tertiary/aromatic N) is 1. The van der Waals surface area contributed by atoms with Crippen LogP contribution in [0.25, 0.3) is 10.2 Å². The standard InChI is InChI=1S/C20H16N4O5S3/c21-31(26,27)16-10-11-17-18(12-16)30-20(22-17)23-19(25)13-6-8-14(9-7-13)24-32(28,29)15-4-2-1-3-5-15/h1-12,24H,(H2,21,26,27)(H,22,23,25). The molecule has 3 aromatic carbocycles. The summed E-state index contributed by atoms with van der Waals surface area (Å²) in [6.07, 6.45) is 0. The van der Waals surface area contributed by atoms with Gasteiger partial charge in [0.2, 0.25) is 10.0 Å². The van der Waals surface area contributed by atoms with E-state index in [1.165, 1.54) is 54.6 Å². The highest BCUT2D eigenvalue weighted by Gasteiger charge is 2.15. The van der Waals surface area contributed by atoms with Crippen LogP contribution in [-0.4, -0.2) is 27.7 Å². The van der Waals surface area contributed by atoms with E-state index in [-0.39, 0.29) is 20.5 Å². The minimum absolute atomic E-state index is 0.0416. The summed E-state index contributed by atoms with van der Waals surface area (Å²) in [6, 6.07) is 18.1. The van der Waals surface area contributed by atoms with E-state index in [1.807, 2.05) is 0 Å². The fraction of sp³-hybridized carbons (Fsp3) is 0.